The number of hydrogen-bond acceptors (Lipinski definition) is 3. The van der Waals surface area contributed by atoms with Gasteiger partial charge in [-0.15, -0.1) is 0 Å². The summed E-state index contributed by atoms with van der Waals surface area (Å²) in [5.41, 5.74) is 2.63. The third kappa shape index (κ3) is 5.29. The molecule has 0 aliphatic heterocycles. The zero-order chi connectivity index (χ0) is 14.8. The fraction of sp³-hybridized carbons (Fsp3) is 0.600. The molecule has 0 bridgehead atoms. The lowest BCUT2D eigenvalue weighted by atomic mass is 10.1. The predicted molar refractivity (Wildman–Crippen MR) is 88.2 cm³/mol. The SMILES string of the molecule is CCO[Si](CC)(OCC)OCCc1ccccc1CBr. The van der Waals surface area contributed by atoms with Crippen molar-refractivity contribution < 1.29 is 13.3 Å². The average Bonchev–Trinajstić information content (AvgIpc) is 2.48. The van der Waals surface area contributed by atoms with Gasteiger partial charge in [0.15, 0.2) is 0 Å². The topological polar surface area (TPSA) is 27.7 Å². The van der Waals surface area contributed by atoms with Gasteiger partial charge < -0.3 is 13.3 Å². The van der Waals surface area contributed by atoms with E-state index in [0.29, 0.717) is 19.8 Å². The van der Waals surface area contributed by atoms with Gasteiger partial charge in [-0.3, -0.25) is 0 Å². The molecule has 0 saturated carbocycles. The molecule has 0 unspecified atom stereocenters. The van der Waals surface area contributed by atoms with Crippen molar-refractivity contribution in [1.29, 1.82) is 0 Å². The maximum atomic E-state index is 6.04. The largest absolute Gasteiger partial charge is 0.500 e. The highest BCUT2D eigenvalue weighted by molar-refractivity contribution is 9.08. The summed E-state index contributed by atoms with van der Waals surface area (Å²) in [4.78, 5) is 0. The number of benzene rings is 1. The van der Waals surface area contributed by atoms with Crippen molar-refractivity contribution in [3.05, 3.63) is 35.4 Å². The summed E-state index contributed by atoms with van der Waals surface area (Å²) in [6.07, 6.45) is 0.886. The van der Waals surface area contributed by atoms with Gasteiger partial charge in [-0.05, 0) is 31.4 Å². The van der Waals surface area contributed by atoms with Crippen LogP contribution in [0.3, 0.4) is 0 Å². The Morgan fingerprint density at radius 1 is 0.950 bits per heavy atom. The Morgan fingerprint density at radius 2 is 1.55 bits per heavy atom. The molecule has 20 heavy (non-hydrogen) atoms. The molecule has 0 spiro atoms. The highest BCUT2D eigenvalue weighted by atomic mass is 79.9. The minimum absolute atomic E-state index is 0.637. The van der Waals surface area contributed by atoms with Crippen LogP contribution in [0.25, 0.3) is 0 Å². The molecule has 0 aliphatic carbocycles. The molecular weight excluding hydrogens is 336 g/mol. The second-order valence-corrected chi connectivity index (χ2v) is 7.90. The van der Waals surface area contributed by atoms with Gasteiger partial charge in [0.1, 0.15) is 0 Å². The number of rotatable bonds is 10. The van der Waals surface area contributed by atoms with Crippen LogP contribution in [0.4, 0.5) is 0 Å². The van der Waals surface area contributed by atoms with Crippen molar-refractivity contribution in [3.8, 4) is 0 Å². The number of hydrogen-bond donors (Lipinski definition) is 0. The molecular formula is C15H25BrO3Si. The van der Waals surface area contributed by atoms with E-state index in [-0.39, 0.29) is 0 Å². The van der Waals surface area contributed by atoms with E-state index in [4.69, 9.17) is 13.3 Å². The summed E-state index contributed by atoms with van der Waals surface area (Å²) in [5.74, 6) is 0. The van der Waals surface area contributed by atoms with E-state index in [1.807, 2.05) is 13.8 Å². The van der Waals surface area contributed by atoms with Crippen LogP contribution in [0.15, 0.2) is 24.3 Å². The molecule has 1 rings (SSSR count). The van der Waals surface area contributed by atoms with E-state index in [9.17, 15) is 0 Å². The standard InChI is InChI=1S/C15H25BrO3Si/c1-4-17-20(6-3,18-5-2)19-12-11-14-9-7-8-10-15(14)13-16/h7-10H,4-6,11-13H2,1-3H3. The number of halogens is 1. The van der Waals surface area contributed by atoms with E-state index < -0.39 is 8.80 Å². The summed E-state index contributed by atoms with van der Waals surface area (Å²) >= 11 is 3.52. The normalized spacial score (nSPS) is 11.8. The van der Waals surface area contributed by atoms with Crippen molar-refractivity contribution in [2.45, 2.75) is 38.6 Å². The molecule has 0 aliphatic rings. The predicted octanol–water partition coefficient (Wildman–Crippen LogP) is 4.17. The molecule has 5 heteroatoms. The number of alkyl halides is 1. The molecule has 0 radical (unpaired) electrons. The van der Waals surface area contributed by atoms with Gasteiger partial charge in [0, 0.05) is 31.2 Å². The Balaban J connectivity index is 2.59. The third-order valence-electron chi connectivity index (χ3n) is 3.12. The van der Waals surface area contributed by atoms with Gasteiger partial charge in [-0.1, -0.05) is 47.1 Å². The molecule has 1 aromatic carbocycles. The van der Waals surface area contributed by atoms with Gasteiger partial charge in [0.05, 0.1) is 0 Å². The molecule has 1 aromatic rings. The molecule has 0 aromatic heterocycles. The zero-order valence-electron chi connectivity index (χ0n) is 12.7. The van der Waals surface area contributed by atoms with Gasteiger partial charge in [0.2, 0.25) is 0 Å². The van der Waals surface area contributed by atoms with Crippen molar-refractivity contribution in [2.75, 3.05) is 19.8 Å². The highest BCUT2D eigenvalue weighted by Crippen LogP contribution is 2.18. The Bertz CT molecular complexity index is 381. The van der Waals surface area contributed by atoms with Gasteiger partial charge in [-0.2, -0.15) is 0 Å². The molecule has 0 saturated heterocycles. The molecule has 114 valence electrons. The Labute approximate surface area is 132 Å². The second-order valence-electron chi connectivity index (χ2n) is 4.40. The highest BCUT2D eigenvalue weighted by Gasteiger charge is 2.38. The van der Waals surface area contributed by atoms with Crippen LogP contribution >= 0.6 is 15.9 Å². The summed E-state index contributed by atoms with van der Waals surface area (Å²) in [5, 5.41) is 0.871. The fourth-order valence-electron chi connectivity index (χ4n) is 2.12. The molecule has 3 nitrogen and oxygen atoms in total. The monoisotopic (exact) mass is 360 g/mol. The van der Waals surface area contributed by atoms with E-state index in [1.165, 1.54) is 11.1 Å². The Hall–Kier alpha value is -0.203. The Kier molecular flexibility index (Phi) is 8.64. The molecule has 0 amide bonds. The van der Waals surface area contributed by atoms with Crippen LogP contribution in [0.2, 0.25) is 6.04 Å². The van der Waals surface area contributed by atoms with Crippen LogP contribution in [-0.2, 0) is 25.0 Å². The molecule has 0 N–H and O–H groups in total. The van der Waals surface area contributed by atoms with Crippen molar-refractivity contribution >= 4 is 24.7 Å². The first kappa shape index (κ1) is 17.8. The molecule has 0 fully saturated rings. The minimum Gasteiger partial charge on any atom is -0.374 e. The average molecular weight is 361 g/mol. The smallest absolute Gasteiger partial charge is 0.374 e. The summed E-state index contributed by atoms with van der Waals surface area (Å²) in [7, 11) is -2.46. The minimum atomic E-state index is -2.46. The van der Waals surface area contributed by atoms with Crippen LogP contribution < -0.4 is 0 Å². The molecule has 0 atom stereocenters. The Morgan fingerprint density at radius 3 is 2.05 bits per heavy atom. The van der Waals surface area contributed by atoms with E-state index in [1.54, 1.807) is 0 Å². The van der Waals surface area contributed by atoms with Crippen molar-refractivity contribution in [2.24, 2.45) is 0 Å². The first-order chi connectivity index (χ1) is 9.71. The summed E-state index contributed by atoms with van der Waals surface area (Å²) in [6.45, 7) is 7.96. The zero-order valence-corrected chi connectivity index (χ0v) is 15.2. The lowest BCUT2D eigenvalue weighted by Gasteiger charge is -2.27. The lowest BCUT2D eigenvalue weighted by Crippen LogP contribution is -2.45. The third-order valence-corrected chi connectivity index (χ3v) is 6.69. The van der Waals surface area contributed by atoms with Gasteiger partial charge >= 0.3 is 8.80 Å². The van der Waals surface area contributed by atoms with E-state index in [2.05, 4.69) is 47.1 Å². The van der Waals surface area contributed by atoms with E-state index in [0.717, 1.165) is 17.8 Å². The van der Waals surface area contributed by atoms with Crippen LogP contribution in [0.5, 0.6) is 0 Å². The van der Waals surface area contributed by atoms with Crippen molar-refractivity contribution in [1.82, 2.24) is 0 Å². The first-order valence-corrected chi connectivity index (χ1v) is 10.3. The quantitative estimate of drug-likeness (QED) is 0.462. The van der Waals surface area contributed by atoms with Crippen LogP contribution in [0, 0.1) is 0 Å². The maximum Gasteiger partial charge on any atom is 0.500 e. The summed E-state index contributed by atoms with van der Waals surface area (Å²) in [6, 6.07) is 9.23. The van der Waals surface area contributed by atoms with Crippen molar-refractivity contribution in [3.63, 3.8) is 0 Å². The van der Waals surface area contributed by atoms with E-state index >= 15 is 0 Å². The van der Waals surface area contributed by atoms with Crippen LogP contribution in [-0.4, -0.2) is 28.6 Å². The maximum absolute atomic E-state index is 6.04. The van der Waals surface area contributed by atoms with Gasteiger partial charge in [0.25, 0.3) is 0 Å². The second kappa shape index (κ2) is 9.68. The van der Waals surface area contributed by atoms with Gasteiger partial charge in [-0.25, -0.2) is 0 Å². The van der Waals surface area contributed by atoms with Crippen LogP contribution in [0.1, 0.15) is 31.9 Å². The summed E-state index contributed by atoms with van der Waals surface area (Å²) < 4.78 is 17.6. The fourth-order valence-corrected chi connectivity index (χ4v) is 4.82. The first-order valence-electron chi connectivity index (χ1n) is 7.25. The lowest BCUT2D eigenvalue weighted by molar-refractivity contribution is 0.0691. The molecule has 0 heterocycles.